The maximum Gasteiger partial charge on any atom is 0.251 e. The molecule has 3 rings (SSSR count). The van der Waals surface area contributed by atoms with Gasteiger partial charge in [0.25, 0.3) is 5.91 Å². The second-order valence-electron chi connectivity index (χ2n) is 6.76. The lowest BCUT2D eigenvalue weighted by atomic mass is 10.0. The van der Waals surface area contributed by atoms with Crippen LogP contribution in [0.15, 0.2) is 73.1 Å². The Kier molecular flexibility index (Phi) is 7.22. The Morgan fingerprint density at radius 3 is 2.48 bits per heavy atom. The van der Waals surface area contributed by atoms with E-state index in [1.165, 1.54) is 5.56 Å². The van der Waals surface area contributed by atoms with Gasteiger partial charge in [-0.05, 0) is 54.3 Å². The van der Waals surface area contributed by atoms with Crippen LogP contribution in [-0.4, -0.2) is 24.0 Å². The zero-order chi connectivity index (χ0) is 20.5. The Bertz CT molecular complexity index is 914. The van der Waals surface area contributed by atoms with Crippen molar-refractivity contribution in [1.29, 1.82) is 0 Å². The quantitative estimate of drug-likeness (QED) is 0.580. The van der Waals surface area contributed by atoms with Crippen LogP contribution in [0.2, 0.25) is 0 Å². The van der Waals surface area contributed by atoms with E-state index in [0.717, 1.165) is 5.56 Å². The van der Waals surface area contributed by atoms with Gasteiger partial charge in [0.2, 0.25) is 0 Å². The van der Waals surface area contributed by atoms with Crippen LogP contribution in [0.4, 0.5) is 0 Å². The highest BCUT2D eigenvalue weighted by Gasteiger charge is 2.13. The van der Waals surface area contributed by atoms with Gasteiger partial charge in [-0.3, -0.25) is 9.78 Å². The van der Waals surface area contributed by atoms with Gasteiger partial charge in [0, 0.05) is 24.5 Å². The first-order valence-corrected chi connectivity index (χ1v) is 9.79. The van der Waals surface area contributed by atoms with Crippen molar-refractivity contribution < 1.29 is 14.3 Å². The molecule has 3 aromatic rings. The highest BCUT2D eigenvalue weighted by Crippen LogP contribution is 2.29. The third kappa shape index (κ3) is 5.82. The van der Waals surface area contributed by atoms with Crippen LogP contribution in [0, 0.1) is 0 Å². The van der Waals surface area contributed by atoms with Crippen LogP contribution >= 0.6 is 0 Å². The summed E-state index contributed by atoms with van der Waals surface area (Å²) < 4.78 is 11.6. The van der Waals surface area contributed by atoms with Crippen LogP contribution in [0.25, 0.3) is 0 Å². The lowest BCUT2D eigenvalue weighted by Crippen LogP contribution is -2.27. The molecule has 1 aromatic heterocycles. The Morgan fingerprint density at radius 1 is 1.00 bits per heavy atom. The molecule has 1 unspecified atom stereocenters. The first kappa shape index (κ1) is 20.4. The number of hydrogen-bond donors (Lipinski definition) is 1. The molecule has 0 fully saturated rings. The van der Waals surface area contributed by atoms with Gasteiger partial charge < -0.3 is 14.8 Å². The molecule has 0 spiro atoms. The first-order chi connectivity index (χ1) is 14.2. The van der Waals surface area contributed by atoms with Crippen molar-refractivity contribution in [3.8, 4) is 11.5 Å². The van der Waals surface area contributed by atoms with E-state index >= 15 is 0 Å². The third-order valence-corrected chi connectivity index (χ3v) is 4.59. The van der Waals surface area contributed by atoms with Crippen molar-refractivity contribution in [2.45, 2.75) is 26.4 Å². The smallest absolute Gasteiger partial charge is 0.251 e. The number of pyridine rings is 1. The fraction of sp³-hybridized carbons (Fsp3) is 0.250. The van der Waals surface area contributed by atoms with E-state index < -0.39 is 0 Å². The zero-order valence-electron chi connectivity index (χ0n) is 16.8. The molecule has 0 saturated carbocycles. The molecular formula is C24H26N2O3. The van der Waals surface area contributed by atoms with Gasteiger partial charge in [-0.1, -0.05) is 37.3 Å². The maximum atomic E-state index is 12.6. The topological polar surface area (TPSA) is 60.5 Å². The van der Waals surface area contributed by atoms with E-state index in [9.17, 15) is 4.79 Å². The summed E-state index contributed by atoms with van der Waals surface area (Å²) in [5.41, 5.74) is 2.76. The number of aromatic nitrogens is 1. The Morgan fingerprint density at radius 2 is 1.76 bits per heavy atom. The zero-order valence-corrected chi connectivity index (χ0v) is 16.8. The molecule has 2 aromatic carbocycles. The van der Waals surface area contributed by atoms with Gasteiger partial charge in [-0.2, -0.15) is 0 Å². The van der Waals surface area contributed by atoms with E-state index in [0.29, 0.717) is 36.8 Å². The molecule has 150 valence electrons. The molecule has 0 aliphatic heterocycles. The predicted molar refractivity (Wildman–Crippen MR) is 113 cm³/mol. The largest absolute Gasteiger partial charge is 0.490 e. The molecule has 29 heavy (non-hydrogen) atoms. The second-order valence-corrected chi connectivity index (χ2v) is 6.76. The number of benzene rings is 2. The molecule has 1 heterocycles. The SMILES string of the molecule is CCOc1cc(C(=O)NCC(C)c2ccccc2)ccc1OCc1ccncc1. The number of nitrogens with zero attached hydrogens (tertiary/aromatic N) is 1. The molecule has 5 heteroatoms. The van der Waals surface area contributed by atoms with Gasteiger partial charge in [-0.25, -0.2) is 0 Å². The molecule has 1 atom stereocenters. The van der Waals surface area contributed by atoms with E-state index in [4.69, 9.17) is 9.47 Å². The third-order valence-electron chi connectivity index (χ3n) is 4.59. The summed E-state index contributed by atoms with van der Waals surface area (Å²) in [6.45, 7) is 5.45. The standard InChI is InChI=1S/C24H26N2O3/c1-3-28-23-15-21(9-10-22(23)29-17-19-11-13-25-14-12-19)24(27)26-16-18(2)20-7-5-4-6-8-20/h4-15,18H,3,16-17H2,1-2H3,(H,26,27). The van der Waals surface area contributed by atoms with Crippen LogP contribution < -0.4 is 14.8 Å². The second kappa shape index (κ2) is 10.3. The van der Waals surface area contributed by atoms with E-state index in [-0.39, 0.29) is 11.8 Å². The van der Waals surface area contributed by atoms with E-state index in [2.05, 4.69) is 29.4 Å². The fourth-order valence-corrected chi connectivity index (χ4v) is 2.92. The molecular weight excluding hydrogens is 364 g/mol. The Balaban J connectivity index is 1.64. The van der Waals surface area contributed by atoms with Gasteiger partial charge in [0.1, 0.15) is 6.61 Å². The summed E-state index contributed by atoms with van der Waals surface area (Å²) in [5.74, 6) is 1.27. The van der Waals surface area contributed by atoms with Crippen molar-refractivity contribution in [2.75, 3.05) is 13.2 Å². The minimum atomic E-state index is -0.130. The molecule has 1 N–H and O–H groups in total. The first-order valence-electron chi connectivity index (χ1n) is 9.79. The minimum absolute atomic E-state index is 0.130. The van der Waals surface area contributed by atoms with Crippen molar-refractivity contribution in [3.05, 3.63) is 89.7 Å². The molecule has 0 bridgehead atoms. The van der Waals surface area contributed by atoms with Gasteiger partial charge in [-0.15, -0.1) is 0 Å². The summed E-state index contributed by atoms with van der Waals surface area (Å²) >= 11 is 0. The number of hydrogen-bond acceptors (Lipinski definition) is 4. The number of rotatable bonds is 9. The van der Waals surface area contributed by atoms with Gasteiger partial charge >= 0.3 is 0 Å². The van der Waals surface area contributed by atoms with Crippen LogP contribution in [-0.2, 0) is 6.61 Å². The highest BCUT2D eigenvalue weighted by atomic mass is 16.5. The van der Waals surface area contributed by atoms with Crippen LogP contribution in [0.5, 0.6) is 11.5 Å². The minimum Gasteiger partial charge on any atom is -0.490 e. The normalized spacial score (nSPS) is 11.5. The molecule has 0 radical (unpaired) electrons. The van der Waals surface area contributed by atoms with Crippen LogP contribution in [0.1, 0.15) is 41.3 Å². The lowest BCUT2D eigenvalue weighted by molar-refractivity contribution is 0.0951. The lowest BCUT2D eigenvalue weighted by Gasteiger charge is -2.15. The van der Waals surface area contributed by atoms with Crippen molar-refractivity contribution >= 4 is 5.91 Å². The number of ether oxygens (including phenoxy) is 2. The average Bonchev–Trinajstić information content (AvgIpc) is 2.78. The van der Waals surface area contributed by atoms with Gasteiger partial charge in [0.05, 0.1) is 6.61 Å². The summed E-state index contributed by atoms with van der Waals surface area (Å²) in [6.07, 6.45) is 3.46. The fourth-order valence-electron chi connectivity index (χ4n) is 2.92. The van der Waals surface area contributed by atoms with E-state index in [1.54, 1.807) is 30.6 Å². The molecule has 1 amide bonds. The summed E-state index contributed by atoms with van der Waals surface area (Å²) in [6, 6.07) is 19.2. The molecule has 0 saturated heterocycles. The Labute approximate surface area is 171 Å². The summed E-state index contributed by atoms with van der Waals surface area (Å²) in [7, 11) is 0. The van der Waals surface area contributed by atoms with Crippen LogP contribution in [0.3, 0.4) is 0 Å². The average molecular weight is 390 g/mol. The number of nitrogens with one attached hydrogen (secondary N) is 1. The summed E-state index contributed by atoms with van der Waals surface area (Å²) in [4.78, 5) is 16.6. The predicted octanol–water partition coefficient (Wildman–Crippen LogP) is 4.59. The van der Waals surface area contributed by atoms with Crippen molar-refractivity contribution in [2.24, 2.45) is 0 Å². The number of carbonyl (C=O) groups is 1. The number of carbonyl (C=O) groups excluding carboxylic acids is 1. The highest BCUT2D eigenvalue weighted by molar-refractivity contribution is 5.94. The number of amides is 1. The molecule has 0 aliphatic carbocycles. The van der Waals surface area contributed by atoms with Crippen molar-refractivity contribution in [3.63, 3.8) is 0 Å². The van der Waals surface area contributed by atoms with Gasteiger partial charge in [0.15, 0.2) is 11.5 Å². The molecule has 0 aliphatic rings. The van der Waals surface area contributed by atoms with Crippen molar-refractivity contribution in [1.82, 2.24) is 10.3 Å². The Hall–Kier alpha value is -3.34. The monoisotopic (exact) mass is 390 g/mol. The van der Waals surface area contributed by atoms with E-state index in [1.807, 2.05) is 37.3 Å². The maximum absolute atomic E-state index is 12.6. The molecule has 5 nitrogen and oxygen atoms in total. The summed E-state index contributed by atoms with van der Waals surface area (Å²) in [5, 5.41) is 3.00.